The van der Waals surface area contributed by atoms with Crippen molar-refractivity contribution >= 4 is 12.2 Å². The van der Waals surface area contributed by atoms with E-state index in [1.165, 1.54) is 0 Å². The first-order valence-corrected chi connectivity index (χ1v) is 7.26. The standard InChI is InChI=1S/C14H22N2O4/c1-13(2,3)20-12(18)16-9-4-5-10(16)7-14(6-9)8-15-11(17)19-14/h9-10H,4-8H2,1-3H3,(H,15,17). The largest absolute Gasteiger partial charge is 0.444 e. The molecule has 2 unspecified atom stereocenters. The minimum atomic E-state index is -0.479. The zero-order chi connectivity index (χ0) is 14.5. The van der Waals surface area contributed by atoms with Gasteiger partial charge >= 0.3 is 12.2 Å². The van der Waals surface area contributed by atoms with E-state index in [0.717, 1.165) is 12.8 Å². The van der Waals surface area contributed by atoms with Gasteiger partial charge < -0.3 is 19.7 Å². The molecule has 0 radical (unpaired) electrons. The fraction of sp³-hybridized carbons (Fsp3) is 0.857. The molecule has 3 fully saturated rings. The highest BCUT2D eigenvalue weighted by atomic mass is 16.6. The van der Waals surface area contributed by atoms with Crippen LogP contribution in [0, 0.1) is 0 Å². The SMILES string of the molecule is CC(C)(C)OC(=O)N1C2CCC1CC1(CNC(=O)O1)C2. The molecule has 0 aliphatic carbocycles. The van der Waals surface area contributed by atoms with E-state index >= 15 is 0 Å². The molecule has 3 saturated heterocycles. The predicted molar refractivity (Wildman–Crippen MR) is 71.3 cm³/mol. The minimum Gasteiger partial charge on any atom is -0.444 e. The molecular weight excluding hydrogens is 260 g/mol. The number of nitrogens with zero attached hydrogens (tertiary/aromatic N) is 1. The second-order valence-electron chi connectivity index (χ2n) is 7.11. The van der Waals surface area contributed by atoms with Gasteiger partial charge in [-0.2, -0.15) is 0 Å². The van der Waals surface area contributed by atoms with Crippen molar-refractivity contribution in [2.75, 3.05) is 6.54 Å². The van der Waals surface area contributed by atoms with Gasteiger partial charge in [0.1, 0.15) is 11.2 Å². The van der Waals surface area contributed by atoms with Crippen LogP contribution in [-0.2, 0) is 9.47 Å². The third kappa shape index (κ3) is 2.31. The summed E-state index contributed by atoms with van der Waals surface area (Å²) >= 11 is 0. The average Bonchev–Trinajstić information content (AvgIpc) is 2.77. The van der Waals surface area contributed by atoms with E-state index < -0.39 is 11.2 Å². The molecule has 0 aromatic rings. The summed E-state index contributed by atoms with van der Waals surface area (Å²) in [4.78, 5) is 25.5. The maximum absolute atomic E-state index is 12.3. The van der Waals surface area contributed by atoms with Gasteiger partial charge in [0, 0.05) is 24.9 Å². The van der Waals surface area contributed by atoms with Gasteiger partial charge in [-0.1, -0.05) is 0 Å². The summed E-state index contributed by atoms with van der Waals surface area (Å²) in [5.41, 5.74) is -0.894. The number of hydrogen-bond acceptors (Lipinski definition) is 4. The Balaban J connectivity index is 1.72. The van der Waals surface area contributed by atoms with Gasteiger partial charge in [0.05, 0.1) is 6.54 Å². The van der Waals surface area contributed by atoms with Gasteiger partial charge in [-0.05, 0) is 33.6 Å². The molecule has 6 heteroatoms. The number of nitrogens with one attached hydrogen (secondary N) is 1. The molecule has 1 spiro atoms. The number of hydrogen-bond donors (Lipinski definition) is 1. The Kier molecular flexibility index (Phi) is 2.88. The molecule has 2 amide bonds. The Morgan fingerprint density at radius 1 is 1.35 bits per heavy atom. The quantitative estimate of drug-likeness (QED) is 0.738. The van der Waals surface area contributed by atoms with Gasteiger partial charge in [-0.15, -0.1) is 0 Å². The Morgan fingerprint density at radius 3 is 2.40 bits per heavy atom. The summed E-state index contributed by atoms with van der Waals surface area (Å²) in [5, 5.41) is 2.74. The zero-order valence-electron chi connectivity index (χ0n) is 12.3. The van der Waals surface area contributed by atoms with E-state index in [2.05, 4.69) is 5.32 Å². The van der Waals surface area contributed by atoms with Crippen LogP contribution in [0.25, 0.3) is 0 Å². The molecule has 6 nitrogen and oxygen atoms in total. The smallest absolute Gasteiger partial charge is 0.410 e. The van der Waals surface area contributed by atoms with Crippen LogP contribution in [0.2, 0.25) is 0 Å². The lowest BCUT2D eigenvalue weighted by Crippen LogP contribution is -2.55. The van der Waals surface area contributed by atoms with Crippen molar-refractivity contribution in [3.05, 3.63) is 0 Å². The lowest BCUT2D eigenvalue weighted by molar-refractivity contribution is -0.0425. The van der Waals surface area contributed by atoms with Crippen molar-refractivity contribution < 1.29 is 19.1 Å². The Hall–Kier alpha value is -1.46. The highest BCUT2D eigenvalue weighted by molar-refractivity contribution is 5.72. The molecule has 2 bridgehead atoms. The normalized spacial score (nSPS) is 36.0. The van der Waals surface area contributed by atoms with E-state index in [-0.39, 0.29) is 24.3 Å². The predicted octanol–water partition coefficient (Wildman–Crippen LogP) is 2.03. The van der Waals surface area contributed by atoms with Crippen LogP contribution in [0.15, 0.2) is 0 Å². The summed E-state index contributed by atoms with van der Waals surface area (Å²) in [7, 11) is 0. The molecule has 20 heavy (non-hydrogen) atoms. The molecule has 0 aromatic heterocycles. The number of rotatable bonds is 0. The van der Waals surface area contributed by atoms with Gasteiger partial charge in [0.25, 0.3) is 0 Å². The number of ether oxygens (including phenoxy) is 2. The van der Waals surface area contributed by atoms with E-state index in [1.807, 2.05) is 25.7 Å². The van der Waals surface area contributed by atoms with E-state index in [4.69, 9.17) is 9.47 Å². The Morgan fingerprint density at radius 2 is 1.95 bits per heavy atom. The number of carbonyl (C=O) groups excluding carboxylic acids is 2. The first-order valence-electron chi connectivity index (χ1n) is 7.26. The number of carbonyl (C=O) groups is 2. The molecule has 3 rings (SSSR count). The second kappa shape index (κ2) is 4.27. The summed E-state index contributed by atoms with van der Waals surface area (Å²) in [6.07, 6.45) is 2.77. The highest BCUT2D eigenvalue weighted by Gasteiger charge is 2.54. The second-order valence-corrected chi connectivity index (χ2v) is 7.11. The zero-order valence-corrected chi connectivity index (χ0v) is 12.3. The van der Waals surface area contributed by atoms with Crippen LogP contribution in [0.4, 0.5) is 9.59 Å². The lowest BCUT2D eigenvalue weighted by atomic mass is 9.86. The summed E-state index contributed by atoms with van der Waals surface area (Å²) in [6.45, 7) is 6.18. The molecular formula is C14H22N2O4. The number of amides is 2. The van der Waals surface area contributed by atoms with Gasteiger partial charge in [0.2, 0.25) is 0 Å². The van der Waals surface area contributed by atoms with E-state index in [0.29, 0.717) is 19.4 Å². The molecule has 3 aliphatic rings. The fourth-order valence-corrected chi connectivity index (χ4v) is 3.65. The molecule has 2 atom stereocenters. The van der Waals surface area contributed by atoms with Crippen LogP contribution in [0.1, 0.15) is 46.5 Å². The van der Waals surface area contributed by atoms with Crippen LogP contribution in [0.3, 0.4) is 0 Å². The van der Waals surface area contributed by atoms with Crippen molar-refractivity contribution in [3.63, 3.8) is 0 Å². The first kappa shape index (κ1) is 13.5. The molecule has 0 saturated carbocycles. The van der Waals surface area contributed by atoms with Crippen molar-refractivity contribution in [3.8, 4) is 0 Å². The average molecular weight is 282 g/mol. The van der Waals surface area contributed by atoms with Crippen LogP contribution >= 0.6 is 0 Å². The van der Waals surface area contributed by atoms with E-state index in [1.54, 1.807) is 0 Å². The third-order valence-corrected chi connectivity index (χ3v) is 4.30. The van der Waals surface area contributed by atoms with Gasteiger partial charge in [-0.3, -0.25) is 0 Å². The summed E-state index contributed by atoms with van der Waals surface area (Å²) < 4.78 is 11.0. The minimum absolute atomic E-state index is 0.122. The number of fused-ring (bicyclic) bond motifs is 2. The fourth-order valence-electron chi connectivity index (χ4n) is 3.65. The number of alkyl carbamates (subject to hydrolysis) is 1. The molecule has 0 aromatic carbocycles. The van der Waals surface area contributed by atoms with Crippen molar-refractivity contribution in [1.82, 2.24) is 10.2 Å². The van der Waals surface area contributed by atoms with Crippen LogP contribution in [0.5, 0.6) is 0 Å². The first-order chi connectivity index (χ1) is 9.28. The lowest BCUT2D eigenvalue weighted by Gasteiger charge is -2.43. The topological polar surface area (TPSA) is 67.9 Å². The molecule has 3 heterocycles. The number of piperidine rings is 1. The molecule has 3 aliphatic heterocycles. The van der Waals surface area contributed by atoms with Crippen molar-refractivity contribution in [1.29, 1.82) is 0 Å². The third-order valence-electron chi connectivity index (χ3n) is 4.30. The maximum atomic E-state index is 12.3. The van der Waals surface area contributed by atoms with Gasteiger partial charge in [-0.25, -0.2) is 9.59 Å². The van der Waals surface area contributed by atoms with Crippen molar-refractivity contribution in [2.24, 2.45) is 0 Å². The maximum Gasteiger partial charge on any atom is 0.410 e. The summed E-state index contributed by atoms with van der Waals surface area (Å²) in [6, 6.07) is 0.243. The van der Waals surface area contributed by atoms with Crippen LogP contribution < -0.4 is 5.32 Å². The molecule has 112 valence electrons. The van der Waals surface area contributed by atoms with Gasteiger partial charge in [0.15, 0.2) is 0 Å². The van der Waals surface area contributed by atoms with Crippen molar-refractivity contribution in [2.45, 2.75) is 69.7 Å². The van der Waals surface area contributed by atoms with Crippen LogP contribution in [-0.4, -0.2) is 46.9 Å². The van der Waals surface area contributed by atoms with E-state index in [9.17, 15) is 9.59 Å². The summed E-state index contributed by atoms with van der Waals surface area (Å²) in [5.74, 6) is 0. The Bertz CT molecular complexity index is 429. The Labute approximate surface area is 118 Å². The highest BCUT2D eigenvalue weighted by Crippen LogP contribution is 2.44. The molecule has 1 N–H and O–H groups in total. The monoisotopic (exact) mass is 282 g/mol.